The lowest BCUT2D eigenvalue weighted by atomic mass is 9.99. The smallest absolute Gasteiger partial charge is 0.338 e. The lowest BCUT2D eigenvalue weighted by molar-refractivity contribution is 0.0600. The topological polar surface area (TPSA) is 58.6 Å². The third kappa shape index (κ3) is 3.23. The van der Waals surface area contributed by atoms with E-state index in [0.717, 1.165) is 11.3 Å². The fourth-order valence-corrected chi connectivity index (χ4v) is 1.53. The first-order valence-electron chi connectivity index (χ1n) is 5.94. The summed E-state index contributed by atoms with van der Waals surface area (Å²) in [6, 6.07) is 5.26. The Morgan fingerprint density at radius 1 is 1.44 bits per heavy atom. The molecule has 4 heteroatoms. The maximum absolute atomic E-state index is 11.6. The van der Waals surface area contributed by atoms with Crippen LogP contribution in [-0.4, -0.2) is 29.8 Å². The van der Waals surface area contributed by atoms with Gasteiger partial charge in [0.15, 0.2) is 0 Å². The molecule has 0 radical (unpaired) electrons. The highest BCUT2D eigenvalue weighted by Gasteiger charge is 2.23. The van der Waals surface area contributed by atoms with Gasteiger partial charge >= 0.3 is 5.97 Å². The molecule has 18 heavy (non-hydrogen) atoms. The Morgan fingerprint density at radius 2 is 2.06 bits per heavy atom. The Balaban J connectivity index is 3.01. The Bertz CT molecular complexity index is 435. The highest BCUT2D eigenvalue weighted by Crippen LogP contribution is 2.22. The van der Waals surface area contributed by atoms with Gasteiger partial charge in [0, 0.05) is 5.69 Å². The van der Waals surface area contributed by atoms with Crippen LogP contribution < -0.4 is 5.32 Å². The quantitative estimate of drug-likeness (QED) is 0.806. The van der Waals surface area contributed by atoms with E-state index in [9.17, 15) is 9.90 Å². The summed E-state index contributed by atoms with van der Waals surface area (Å²) >= 11 is 0. The summed E-state index contributed by atoms with van der Waals surface area (Å²) in [4.78, 5) is 11.6. The molecule has 0 fully saturated rings. The van der Waals surface area contributed by atoms with Crippen molar-refractivity contribution in [1.29, 1.82) is 0 Å². The largest absolute Gasteiger partial charge is 0.465 e. The summed E-state index contributed by atoms with van der Waals surface area (Å²) in [6.07, 6.45) is 0. The van der Waals surface area contributed by atoms with Gasteiger partial charge in [0.2, 0.25) is 0 Å². The molecule has 1 aromatic rings. The molecule has 0 amide bonds. The highest BCUT2D eigenvalue weighted by molar-refractivity contribution is 5.92. The maximum Gasteiger partial charge on any atom is 0.338 e. The van der Waals surface area contributed by atoms with E-state index >= 15 is 0 Å². The van der Waals surface area contributed by atoms with Crippen LogP contribution in [0.4, 0.5) is 5.69 Å². The van der Waals surface area contributed by atoms with Crippen molar-refractivity contribution < 1.29 is 14.6 Å². The molecule has 4 nitrogen and oxygen atoms in total. The van der Waals surface area contributed by atoms with Crippen molar-refractivity contribution in [2.24, 2.45) is 0 Å². The van der Waals surface area contributed by atoms with Gasteiger partial charge in [0.25, 0.3) is 0 Å². The number of carbonyl (C=O) groups excluding carboxylic acids is 1. The number of aliphatic hydroxyl groups is 1. The second-order valence-corrected chi connectivity index (χ2v) is 4.99. The van der Waals surface area contributed by atoms with Crippen LogP contribution in [0.1, 0.15) is 36.7 Å². The molecule has 1 atom stereocenters. The first-order chi connectivity index (χ1) is 8.27. The first kappa shape index (κ1) is 14.5. The monoisotopic (exact) mass is 251 g/mol. The zero-order valence-corrected chi connectivity index (χ0v) is 11.6. The van der Waals surface area contributed by atoms with E-state index in [4.69, 9.17) is 4.74 Å². The molecular formula is C14H21NO3. The molecule has 100 valence electrons. The lowest BCUT2D eigenvalue weighted by Crippen LogP contribution is -2.39. The van der Waals surface area contributed by atoms with Crippen LogP contribution in [0.5, 0.6) is 0 Å². The number of esters is 1. The van der Waals surface area contributed by atoms with Crippen molar-refractivity contribution in [3.63, 3.8) is 0 Å². The molecule has 0 spiro atoms. The van der Waals surface area contributed by atoms with E-state index in [1.54, 1.807) is 26.0 Å². The van der Waals surface area contributed by atoms with Gasteiger partial charge in [-0.1, -0.05) is 6.07 Å². The molecular weight excluding hydrogens is 230 g/mol. The minimum Gasteiger partial charge on any atom is -0.465 e. The SMILES string of the molecule is COC(=O)c1cccc(NC(C)C(C)(C)O)c1C. The molecule has 0 aliphatic carbocycles. The number of ether oxygens (including phenoxy) is 1. The molecule has 0 heterocycles. The zero-order valence-electron chi connectivity index (χ0n) is 11.6. The number of nitrogens with one attached hydrogen (secondary N) is 1. The number of rotatable bonds is 4. The van der Waals surface area contributed by atoms with Crippen LogP contribution in [0.25, 0.3) is 0 Å². The number of hydrogen-bond acceptors (Lipinski definition) is 4. The predicted molar refractivity (Wildman–Crippen MR) is 71.9 cm³/mol. The van der Waals surface area contributed by atoms with E-state index in [-0.39, 0.29) is 12.0 Å². The van der Waals surface area contributed by atoms with Gasteiger partial charge in [-0.15, -0.1) is 0 Å². The molecule has 2 N–H and O–H groups in total. The number of methoxy groups -OCH3 is 1. The molecule has 0 aliphatic rings. The number of carbonyl (C=O) groups is 1. The van der Waals surface area contributed by atoms with Gasteiger partial charge < -0.3 is 15.2 Å². The van der Waals surface area contributed by atoms with Crippen LogP contribution in [0, 0.1) is 6.92 Å². The lowest BCUT2D eigenvalue weighted by Gasteiger charge is -2.28. The number of hydrogen-bond donors (Lipinski definition) is 2. The minimum absolute atomic E-state index is 0.135. The third-order valence-electron chi connectivity index (χ3n) is 3.17. The van der Waals surface area contributed by atoms with Crippen LogP contribution in [0.2, 0.25) is 0 Å². The third-order valence-corrected chi connectivity index (χ3v) is 3.17. The van der Waals surface area contributed by atoms with Crippen molar-refractivity contribution in [1.82, 2.24) is 0 Å². The molecule has 0 saturated carbocycles. The van der Waals surface area contributed by atoms with Gasteiger partial charge in [0.05, 0.1) is 24.3 Å². The van der Waals surface area contributed by atoms with Gasteiger partial charge in [-0.3, -0.25) is 0 Å². The summed E-state index contributed by atoms with van der Waals surface area (Å²) in [5.41, 5.74) is 1.34. The van der Waals surface area contributed by atoms with Crippen molar-refractivity contribution in [2.75, 3.05) is 12.4 Å². The van der Waals surface area contributed by atoms with Gasteiger partial charge in [-0.25, -0.2) is 4.79 Å². The average molecular weight is 251 g/mol. The van der Waals surface area contributed by atoms with Gasteiger partial charge in [0.1, 0.15) is 0 Å². The Morgan fingerprint density at radius 3 is 2.56 bits per heavy atom. The summed E-state index contributed by atoms with van der Waals surface area (Å²) in [5.74, 6) is -0.355. The second kappa shape index (κ2) is 5.40. The van der Waals surface area contributed by atoms with Crippen LogP contribution in [0.3, 0.4) is 0 Å². The van der Waals surface area contributed by atoms with Crippen LogP contribution >= 0.6 is 0 Å². The summed E-state index contributed by atoms with van der Waals surface area (Å²) in [6.45, 7) is 7.23. The first-order valence-corrected chi connectivity index (χ1v) is 5.94. The fourth-order valence-electron chi connectivity index (χ4n) is 1.53. The van der Waals surface area contributed by atoms with E-state index in [1.165, 1.54) is 7.11 Å². The number of anilines is 1. The predicted octanol–water partition coefficient (Wildman–Crippen LogP) is 2.35. The van der Waals surface area contributed by atoms with Crippen molar-refractivity contribution in [2.45, 2.75) is 39.3 Å². The molecule has 0 saturated heterocycles. The molecule has 0 aromatic heterocycles. The molecule has 1 rings (SSSR count). The fraction of sp³-hybridized carbons (Fsp3) is 0.500. The average Bonchev–Trinajstić information content (AvgIpc) is 2.29. The summed E-state index contributed by atoms with van der Waals surface area (Å²) < 4.78 is 4.73. The van der Waals surface area contributed by atoms with Crippen molar-refractivity contribution >= 4 is 11.7 Å². The van der Waals surface area contributed by atoms with E-state index in [0.29, 0.717) is 5.56 Å². The maximum atomic E-state index is 11.6. The molecule has 1 unspecified atom stereocenters. The van der Waals surface area contributed by atoms with Crippen molar-refractivity contribution in [3.8, 4) is 0 Å². The number of benzene rings is 1. The standard InChI is InChI=1S/C14H21NO3/c1-9-11(13(16)18-5)7-6-8-12(9)15-10(2)14(3,4)17/h6-8,10,15,17H,1-5H3. The summed E-state index contributed by atoms with van der Waals surface area (Å²) in [5, 5.41) is 13.1. The Hall–Kier alpha value is -1.55. The van der Waals surface area contributed by atoms with E-state index in [1.807, 2.05) is 19.9 Å². The van der Waals surface area contributed by atoms with E-state index < -0.39 is 5.60 Å². The Labute approximate surface area is 108 Å². The molecule has 1 aromatic carbocycles. The minimum atomic E-state index is -0.840. The van der Waals surface area contributed by atoms with Gasteiger partial charge in [-0.05, 0) is 45.4 Å². The normalized spacial score (nSPS) is 13.0. The van der Waals surface area contributed by atoms with Gasteiger partial charge in [-0.2, -0.15) is 0 Å². The molecule has 0 aliphatic heterocycles. The molecule has 0 bridgehead atoms. The zero-order chi connectivity index (χ0) is 13.9. The second-order valence-electron chi connectivity index (χ2n) is 4.99. The summed E-state index contributed by atoms with van der Waals surface area (Å²) in [7, 11) is 1.36. The van der Waals surface area contributed by atoms with Crippen molar-refractivity contribution in [3.05, 3.63) is 29.3 Å². The highest BCUT2D eigenvalue weighted by atomic mass is 16.5. The Kier molecular flexibility index (Phi) is 4.35. The van der Waals surface area contributed by atoms with Crippen LogP contribution in [-0.2, 0) is 4.74 Å². The van der Waals surface area contributed by atoms with E-state index in [2.05, 4.69) is 5.32 Å². The van der Waals surface area contributed by atoms with Crippen LogP contribution in [0.15, 0.2) is 18.2 Å².